The summed E-state index contributed by atoms with van der Waals surface area (Å²) in [7, 11) is 2.78. The number of carbonyl (C=O) groups is 2. The van der Waals surface area contributed by atoms with Gasteiger partial charge in [-0.3, -0.25) is 9.59 Å². The Bertz CT molecular complexity index is 828. The minimum absolute atomic E-state index is 0. The summed E-state index contributed by atoms with van der Waals surface area (Å²) in [6, 6.07) is 8.84. The molecule has 2 aromatic carbocycles. The van der Waals surface area contributed by atoms with Gasteiger partial charge in [0.25, 0.3) is 0 Å². The van der Waals surface area contributed by atoms with Crippen molar-refractivity contribution in [1.29, 1.82) is 0 Å². The van der Waals surface area contributed by atoms with Crippen LogP contribution in [0.15, 0.2) is 48.6 Å². The first-order chi connectivity index (χ1) is 12.9. The van der Waals surface area contributed by atoms with Gasteiger partial charge in [0, 0.05) is 0 Å². The molecule has 0 saturated heterocycles. The molecule has 0 aromatic heterocycles. The second-order valence-corrected chi connectivity index (χ2v) is 5.60. The molecule has 2 rings (SSSR count). The number of rotatable bonds is 8. The average Bonchev–Trinajstić information content (AvgIpc) is 2.66. The Morgan fingerprint density at radius 1 is 0.821 bits per heavy atom. The molecule has 0 aliphatic heterocycles. The van der Waals surface area contributed by atoms with Gasteiger partial charge in [-0.25, -0.2) is 0 Å². The van der Waals surface area contributed by atoms with Crippen LogP contribution in [0.5, 0.6) is 23.0 Å². The van der Waals surface area contributed by atoms with E-state index in [1.54, 1.807) is 12.1 Å². The van der Waals surface area contributed by atoms with Crippen molar-refractivity contribution in [2.45, 2.75) is 6.42 Å². The third kappa shape index (κ3) is 6.61. The number of benzene rings is 2. The molecule has 7 heteroatoms. The maximum absolute atomic E-state index is 11.9. The number of hydrogen-bond acceptors (Lipinski definition) is 6. The van der Waals surface area contributed by atoms with Crippen molar-refractivity contribution < 1.29 is 46.3 Å². The Labute approximate surface area is 173 Å². The van der Waals surface area contributed by atoms with Crippen molar-refractivity contribution in [3.63, 3.8) is 0 Å². The summed E-state index contributed by atoms with van der Waals surface area (Å²) in [5, 5.41) is 22.9. The van der Waals surface area contributed by atoms with Gasteiger partial charge >= 0.3 is 17.1 Å². The van der Waals surface area contributed by atoms with Crippen molar-refractivity contribution in [3.05, 3.63) is 59.7 Å². The molecule has 0 bridgehead atoms. The molecule has 0 aliphatic rings. The Kier molecular flexibility index (Phi) is 9.02. The molecule has 0 saturated carbocycles. The normalized spacial score (nSPS) is 10.6. The van der Waals surface area contributed by atoms with Gasteiger partial charge in [0.15, 0.2) is 11.6 Å². The summed E-state index contributed by atoms with van der Waals surface area (Å²) in [6.45, 7) is 0. The van der Waals surface area contributed by atoms with E-state index in [0.29, 0.717) is 11.1 Å². The van der Waals surface area contributed by atoms with Crippen LogP contribution in [-0.4, -0.2) is 25.8 Å². The molecule has 6 nitrogen and oxygen atoms in total. The third-order valence-electron chi connectivity index (χ3n) is 3.65. The summed E-state index contributed by atoms with van der Waals surface area (Å²) in [5.41, 5.74) is 1.24. The van der Waals surface area contributed by atoms with Crippen molar-refractivity contribution in [1.82, 2.24) is 0 Å². The number of methoxy groups -OCH3 is 2. The average molecular weight is 421 g/mol. The van der Waals surface area contributed by atoms with E-state index in [0.717, 1.165) is 0 Å². The zero-order chi connectivity index (χ0) is 19.8. The minimum atomic E-state index is -0.373. The molecule has 0 heterocycles. The van der Waals surface area contributed by atoms with Crippen LogP contribution in [0, 0.1) is 0 Å². The quantitative estimate of drug-likeness (QED) is 0.368. The fourth-order valence-electron chi connectivity index (χ4n) is 2.24. The van der Waals surface area contributed by atoms with E-state index in [1.165, 1.54) is 62.8 Å². The van der Waals surface area contributed by atoms with Crippen molar-refractivity contribution >= 4 is 23.7 Å². The predicted octanol–water partition coefficient (Wildman–Crippen LogP) is 2.10. The standard InChI is InChI=1S/C21H20O6.Mn/c1-26-20-11-14(5-9-18(20)24)3-7-16(22)13-17(23)8-4-15-6-10-19(25)21(12-15)27-2;/h3-12,24-25H,13H2,1-2H3;/q;+2/p-2/b7-3+,8-4+;. The molecule has 0 amide bonds. The third-order valence-corrected chi connectivity index (χ3v) is 3.65. The molecule has 0 spiro atoms. The van der Waals surface area contributed by atoms with Gasteiger partial charge in [-0.05, 0) is 35.4 Å². The van der Waals surface area contributed by atoms with Crippen molar-refractivity contribution in [3.8, 4) is 23.0 Å². The topological polar surface area (TPSA) is 98.7 Å². The molecular weight excluding hydrogens is 403 g/mol. The van der Waals surface area contributed by atoms with Crippen LogP contribution in [0.3, 0.4) is 0 Å². The number of ketones is 2. The van der Waals surface area contributed by atoms with E-state index >= 15 is 0 Å². The van der Waals surface area contributed by atoms with E-state index in [-0.39, 0.29) is 58.1 Å². The first kappa shape index (κ1) is 23.0. The Morgan fingerprint density at radius 2 is 1.21 bits per heavy atom. The van der Waals surface area contributed by atoms with Crippen LogP contribution in [0.1, 0.15) is 17.5 Å². The van der Waals surface area contributed by atoms with E-state index in [1.807, 2.05) is 0 Å². The fraction of sp³-hybridized carbons (Fsp3) is 0.143. The monoisotopic (exact) mass is 421 g/mol. The molecule has 0 fully saturated rings. The number of hydrogen-bond donors (Lipinski definition) is 0. The summed E-state index contributed by atoms with van der Waals surface area (Å²) in [6.07, 6.45) is 5.29. The summed E-state index contributed by atoms with van der Waals surface area (Å²) in [4.78, 5) is 23.8. The van der Waals surface area contributed by atoms with Gasteiger partial charge in [-0.15, -0.1) is 0 Å². The van der Waals surface area contributed by atoms with Gasteiger partial charge in [-0.2, -0.15) is 0 Å². The van der Waals surface area contributed by atoms with Crippen LogP contribution in [0.2, 0.25) is 0 Å². The fourth-order valence-corrected chi connectivity index (χ4v) is 2.24. The Hall–Kier alpha value is -3.02. The zero-order valence-electron chi connectivity index (χ0n) is 15.3. The van der Waals surface area contributed by atoms with Crippen LogP contribution in [0.4, 0.5) is 0 Å². The molecule has 145 valence electrons. The molecule has 0 unspecified atom stereocenters. The van der Waals surface area contributed by atoms with Gasteiger partial charge in [0.1, 0.15) is 11.5 Å². The van der Waals surface area contributed by atoms with Crippen LogP contribution < -0.4 is 19.7 Å². The van der Waals surface area contributed by atoms with Crippen LogP contribution in [-0.2, 0) is 26.7 Å². The number of ether oxygens (including phenoxy) is 2. The molecule has 1 radical (unpaired) electrons. The summed E-state index contributed by atoms with van der Waals surface area (Å²) >= 11 is 0. The molecule has 28 heavy (non-hydrogen) atoms. The van der Waals surface area contributed by atoms with E-state index in [2.05, 4.69) is 0 Å². The number of allylic oxidation sites excluding steroid dienone is 2. The smallest absolute Gasteiger partial charge is 0.870 e. The van der Waals surface area contributed by atoms with Gasteiger partial charge in [0.05, 0.1) is 20.6 Å². The number of carbonyl (C=O) groups excluding carboxylic acids is 2. The van der Waals surface area contributed by atoms with Crippen LogP contribution >= 0.6 is 0 Å². The molecule has 2 aromatic rings. The van der Waals surface area contributed by atoms with Crippen molar-refractivity contribution in [2.24, 2.45) is 0 Å². The van der Waals surface area contributed by atoms with Crippen LogP contribution in [0.25, 0.3) is 12.2 Å². The van der Waals surface area contributed by atoms with E-state index in [9.17, 15) is 19.8 Å². The Balaban J connectivity index is 0.00000392. The van der Waals surface area contributed by atoms with Gasteiger partial charge in [-0.1, -0.05) is 47.9 Å². The summed E-state index contributed by atoms with van der Waals surface area (Å²) in [5.74, 6) is -0.873. The maximum atomic E-state index is 11.9. The first-order valence-corrected chi connectivity index (χ1v) is 8.05. The molecular formula is C21H18MnO6. The summed E-state index contributed by atoms with van der Waals surface area (Å²) < 4.78 is 9.86. The Morgan fingerprint density at radius 3 is 1.57 bits per heavy atom. The molecule has 0 aliphatic carbocycles. The van der Waals surface area contributed by atoms with Crippen molar-refractivity contribution in [2.75, 3.05) is 14.2 Å². The largest absolute Gasteiger partial charge is 2.00 e. The first-order valence-electron chi connectivity index (χ1n) is 8.05. The van der Waals surface area contributed by atoms with Gasteiger partial charge in [0.2, 0.25) is 0 Å². The minimum Gasteiger partial charge on any atom is -0.870 e. The second kappa shape index (κ2) is 11.0. The SMILES string of the molecule is COc1cc(/C=C/C(=O)CC(=O)/C=C/c2ccc([O-])c(OC)c2)ccc1[O-].[Mn+2]. The van der Waals surface area contributed by atoms with E-state index in [4.69, 9.17) is 9.47 Å². The van der Waals surface area contributed by atoms with E-state index < -0.39 is 0 Å². The second-order valence-electron chi connectivity index (χ2n) is 5.60. The predicted molar refractivity (Wildman–Crippen MR) is 97.6 cm³/mol. The maximum Gasteiger partial charge on any atom is 2.00 e. The molecule has 0 atom stereocenters. The van der Waals surface area contributed by atoms with Gasteiger partial charge < -0.3 is 19.7 Å². The molecule has 0 N–H and O–H groups in total. The zero-order valence-corrected chi connectivity index (χ0v) is 16.5.